The number of hydrogen-bond acceptors (Lipinski definition) is 2. The van der Waals surface area contributed by atoms with Crippen LogP contribution in [0.5, 0.6) is 5.75 Å². The van der Waals surface area contributed by atoms with E-state index in [1.807, 2.05) is 37.3 Å². The molecule has 1 fully saturated rings. The van der Waals surface area contributed by atoms with Gasteiger partial charge in [0.1, 0.15) is 11.6 Å². The summed E-state index contributed by atoms with van der Waals surface area (Å²) in [4.78, 5) is 0. The normalized spacial score (nSPS) is 15.6. The largest absolute Gasteiger partial charge is 0.497 e. The van der Waals surface area contributed by atoms with Gasteiger partial charge in [-0.3, -0.25) is 0 Å². The molecule has 0 amide bonds. The Balaban J connectivity index is 1.91. The van der Waals surface area contributed by atoms with Gasteiger partial charge in [0.05, 0.1) is 13.2 Å². The van der Waals surface area contributed by atoms with Crippen molar-refractivity contribution >= 4 is 0 Å². The first kappa shape index (κ1) is 15.0. The zero-order valence-corrected chi connectivity index (χ0v) is 13.1. The van der Waals surface area contributed by atoms with Crippen LogP contribution in [-0.2, 0) is 0 Å². The van der Waals surface area contributed by atoms with Gasteiger partial charge in [0.25, 0.3) is 0 Å². The number of methoxy groups -OCH3 is 1. The lowest BCUT2D eigenvalue weighted by atomic mass is 9.96. The molecule has 0 bridgehead atoms. The van der Waals surface area contributed by atoms with Crippen LogP contribution < -0.4 is 10.1 Å². The van der Waals surface area contributed by atoms with Gasteiger partial charge in [-0.1, -0.05) is 24.3 Å². The third-order valence-corrected chi connectivity index (χ3v) is 4.25. The lowest BCUT2D eigenvalue weighted by molar-refractivity contribution is 0.413. The second-order valence-electron chi connectivity index (χ2n) is 6.07. The van der Waals surface area contributed by atoms with Crippen molar-refractivity contribution in [2.24, 2.45) is 5.92 Å². The predicted molar refractivity (Wildman–Crippen MR) is 86.7 cm³/mol. The van der Waals surface area contributed by atoms with Crippen LogP contribution in [0.15, 0.2) is 42.5 Å². The quantitative estimate of drug-likeness (QED) is 0.862. The lowest BCUT2D eigenvalue weighted by Crippen LogP contribution is -2.24. The van der Waals surface area contributed by atoms with Crippen molar-refractivity contribution in [3.05, 3.63) is 65.0 Å². The highest BCUT2D eigenvalue weighted by molar-refractivity contribution is 5.38. The summed E-state index contributed by atoms with van der Waals surface area (Å²) >= 11 is 0. The Morgan fingerprint density at radius 2 is 1.95 bits per heavy atom. The van der Waals surface area contributed by atoms with Gasteiger partial charge in [-0.05, 0) is 67.1 Å². The van der Waals surface area contributed by atoms with Gasteiger partial charge in [-0.25, -0.2) is 4.39 Å². The van der Waals surface area contributed by atoms with Gasteiger partial charge in [0, 0.05) is 0 Å². The standard InChI is InChI=1S/C19H22FNO/c1-13-10-16(8-9-18(13)20)19(21-12-14-6-7-14)15-4-3-5-17(11-15)22-2/h3-5,8-11,14,19,21H,6-7,12H2,1-2H3. The van der Waals surface area contributed by atoms with Crippen LogP contribution in [-0.4, -0.2) is 13.7 Å². The number of aryl methyl sites for hydroxylation is 1. The molecule has 0 aromatic heterocycles. The van der Waals surface area contributed by atoms with Crippen molar-refractivity contribution in [2.45, 2.75) is 25.8 Å². The number of ether oxygens (including phenoxy) is 1. The fourth-order valence-electron chi connectivity index (χ4n) is 2.70. The Kier molecular flexibility index (Phi) is 4.44. The maximum atomic E-state index is 13.6. The van der Waals surface area contributed by atoms with Gasteiger partial charge < -0.3 is 10.1 Å². The Bertz CT molecular complexity index is 652. The highest BCUT2D eigenvalue weighted by atomic mass is 19.1. The monoisotopic (exact) mass is 299 g/mol. The molecule has 1 aliphatic carbocycles. The van der Waals surface area contributed by atoms with Crippen molar-refractivity contribution < 1.29 is 9.13 Å². The second-order valence-corrected chi connectivity index (χ2v) is 6.07. The number of nitrogens with one attached hydrogen (secondary N) is 1. The van der Waals surface area contributed by atoms with Crippen LogP contribution >= 0.6 is 0 Å². The molecule has 1 N–H and O–H groups in total. The Morgan fingerprint density at radius 3 is 2.64 bits per heavy atom. The van der Waals surface area contributed by atoms with Crippen molar-refractivity contribution in [2.75, 3.05) is 13.7 Å². The maximum Gasteiger partial charge on any atom is 0.126 e. The molecule has 1 atom stereocenters. The summed E-state index contributed by atoms with van der Waals surface area (Å²) in [5, 5.41) is 3.63. The number of hydrogen-bond donors (Lipinski definition) is 1. The lowest BCUT2D eigenvalue weighted by Gasteiger charge is -2.21. The Hall–Kier alpha value is -1.87. The van der Waals surface area contributed by atoms with E-state index < -0.39 is 0 Å². The molecule has 0 aliphatic heterocycles. The van der Waals surface area contributed by atoms with Crippen molar-refractivity contribution in [3.63, 3.8) is 0 Å². The van der Waals surface area contributed by atoms with Crippen molar-refractivity contribution in [1.29, 1.82) is 0 Å². The van der Waals surface area contributed by atoms with E-state index in [-0.39, 0.29) is 11.9 Å². The van der Waals surface area contributed by atoms with Crippen LogP contribution in [0.25, 0.3) is 0 Å². The topological polar surface area (TPSA) is 21.3 Å². The van der Waals surface area contributed by atoms with Gasteiger partial charge in [-0.15, -0.1) is 0 Å². The molecule has 1 aliphatic rings. The van der Waals surface area contributed by atoms with Gasteiger partial charge in [-0.2, -0.15) is 0 Å². The maximum absolute atomic E-state index is 13.6. The summed E-state index contributed by atoms with van der Waals surface area (Å²) < 4.78 is 18.9. The molecule has 0 spiro atoms. The van der Waals surface area contributed by atoms with Crippen LogP contribution in [0.4, 0.5) is 4.39 Å². The average molecular weight is 299 g/mol. The average Bonchev–Trinajstić information content (AvgIpc) is 3.35. The number of rotatable bonds is 6. The van der Waals surface area contributed by atoms with Gasteiger partial charge >= 0.3 is 0 Å². The fraction of sp³-hybridized carbons (Fsp3) is 0.368. The molecule has 0 radical (unpaired) electrons. The second kappa shape index (κ2) is 6.49. The Labute approximate surface area is 131 Å². The predicted octanol–water partition coefficient (Wildman–Crippen LogP) is 4.23. The summed E-state index contributed by atoms with van der Waals surface area (Å²) in [5.74, 6) is 1.47. The summed E-state index contributed by atoms with van der Waals surface area (Å²) in [6.07, 6.45) is 2.61. The highest BCUT2D eigenvalue weighted by Gasteiger charge is 2.23. The number of benzene rings is 2. The molecular formula is C19H22FNO. The zero-order chi connectivity index (χ0) is 15.5. The van der Waals surface area contributed by atoms with Crippen molar-refractivity contribution in [3.8, 4) is 5.75 Å². The van der Waals surface area contributed by atoms with E-state index in [1.165, 1.54) is 12.8 Å². The van der Waals surface area contributed by atoms with Crippen LogP contribution in [0.3, 0.4) is 0 Å². The first-order valence-corrected chi connectivity index (χ1v) is 7.81. The molecule has 2 aromatic carbocycles. The third-order valence-electron chi connectivity index (χ3n) is 4.25. The van der Waals surface area contributed by atoms with Crippen LogP contribution in [0.1, 0.15) is 35.6 Å². The molecule has 1 saturated carbocycles. The SMILES string of the molecule is COc1cccc(C(NCC2CC2)c2ccc(F)c(C)c2)c1. The van der Waals surface area contributed by atoms with E-state index >= 15 is 0 Å². The van der Waals surface area contributed by atoms with Crippen LogP contribution in [0.2, 0.25) is 0 Å². The minimum Gasteiger partial charge on any atom is -0.497 e. The molecule has 3 rings (SSSR count). The first-order chi connectivity index (χ1) is 10.7. The minimum absolute atomic E-state index is 0.0648. The molecule has 22 heavy (non-hydrogen) atoms. The smallest absolute Gasteiger partial charge is 0.126 e. The first-order valence-electron chi connectivity index (χ1n) is 7.81. The summed E-state index contributed by atoms with van der Waals surface area (Å²) in [5.41, 5.74) is 2.91. The summed E-state index contributed by atoms with van der Waals surface area (Å²) in [7, 11) is 1.67. The van der Waals surface area contributed by atoms with Crippen molar-refractivity contribution in [1.82, 2.24) is 5.32 Å². The summed E-state index contributed by atoms with van der Waals surface area (Å²) in [6.45, 7) is 2.81. The third kappa shape index (κ3) is 3.47. The Morgan fingerprint density at radius 1 is 1.18 bits per heavy atom. The fourth-order valence-corrected chi connectivity index (χ4v) is 2.70. The van der Waals surface area contributed by atoms with E-state index in [9.17, 15) is 4.39 Å². The minimum atomic E-state index is -0.157. The van der Waals surface area contributed by atoms with Gasteiger partial charge in [0.15, 0.2) is 0 Å². The molecular weight excluding hydrogens is 277 g/mol. The number of halogens is 1. The molecule has 0 saturated heterocycles. The van der Waals surface area contributed by atoms with E-state index in [0.29, 0.717) is 5.56 Å². The van der Waals surface area contributed by atoms with E-state index in [4.69, 9.17) is 4.74 Å². The molecule has 2 aromatic rings. The van der Waals surface area contributed by atoms with E-state index in [2.05, 4.69) is 11.4 Å². The molecule has 0 heterocycles. The molecule has 3 heteroatoms. The van der Waals surface area contributed by atoms with E-state index in [0.717, 1.165) is 29.3 Å². The zero-order valence-electron chi connectivity index (χ0n) is 13.1. The highest BCUT2D eigenvalue weighted by Crippen LogP contribution is 2.31. The van der Waals surface area contributed by atoms with E-state index in [1.54, 1.807) is 13.2 Å². The molecule has 2 nitrogen and oxygen atoms in total. The van der Waals surface area contributed by atoms with Crippen LogP contribution in [0, 0.1) is 18.7 Å². The molecule has 116 valence electrons. The summed E-state index contributed by atoms with van der Waals surface area (Å²) in [6, 6.07) is 13.5. The van der Waals surface area contributed by atoms with Gasteiger partial charge in [0.2, 0.25) is 0 Å². The molecule has 1 unspecified atom stereocenters.